The summed E-state index contributed by atoms with van der Waals surface area (Å²) >= 11 is 3.40. The summed E-state index contributed by atoms with van der Waals surface area (Å²) in [5.74, 6) is 0. The van der Waals surface area contributed by atoms with Crippen molar-refractivity contribution >= 4 is 22.0 Å². The Balaban J connectivity index is 2.45. The molecule has 0 aliphatic rings. The minimum Gasteiger partial charge on any atom is -0.344 e. The van der Waals surface area contributed by atoms with Gasteiger partial charge in [-0.3, -0.25) is 0 Å². The zero-order valence-corrected chi connectivity index (χ0v) is 11.8. The molecule has 0 saturated carbocycles. The van der Waals surface area contributed by atoms with Crippen molar-refractivity contribution in [3.8, 4) is 23.4 Å². The maximum absolute atomic E-state index is 8.78. The van der Waals surface area contributed by atoms with Crippen LogP contribution < -0.4 is 0 Å². The monoisotopic (exact) mass is 311 g/mol. The summed E-state index contributed by atoms with van der Waals surface area (Å²) in [5.41, 5.74) is 3.05. The van der Waals surface area contributed by atoms with E-state index in [-0.39, 0.29) is 5.57 Å². The number of benzene rings is 1. The predicted octanol–water partition coefficient (Wildman–Crippen LogP) is 3.89. The summed E-state index contributed by atoms with van der Waals surface area (Å²) in [5, 5.41) is 17.6. The highest BCUT2D eigenvalue weighted by Crippen LogP contribution is 2.24. The van der Waals surface area contributed by atoms with E-state index in [2.05, 4.69) is 15.9 Å². The average molecular weight is 312 g/mol. The molecule has 1 aromatic heterocycles. The van der Waals surface area contributed by atoms with E-state index in [1.54, 1.807) is 6.08 Å². The molecular weight excluding hydrogens is 302 g/mol. The first-order valence-corrected chi connectivity index (χ1v) is 6.38. The van der Waals surface area contributed by atoms with E-state index in [0.717, 1.165) is 21.4 Å². The minimum atomic E-state index is 0.101. The Kier molecular flexibility index (Phi) is 3.85. The first-order valence-electron chi connectivity index (χ1n) is 5.59. The predicted molar refractivity (Wildman–Crippen MR) is 77.8 cm³/mol. The van der Waals surface area contributed by atoms with Crippen molar-refractivity contribution in [2.24, 2.45) is 7.05 Å². The van der Waals surface area contributed by atoms with Crippen LogP contribution in [0, 0.1) is 22.7 Å². The fourth-order valence-electron chi connectivity index (χ4n) is 1.82. The molecule has 19 heavy (non-hydrogen) atoms. The van der Waals surface area contributed by atoms with Crippen molar-refractivity contribution < 1.29 is 0 Å². The van der Waals surface area contributed by atoms with Crippen LogP contribution in [0.1, 0.15) is 5.69 Å². The van der Waals surface area contributed by atoms with Gasteiger partial charge in [-0.25, -0.2) is 0 Å². The zero-order valence-electron chi connectivity index (χ0n) is 10.3. The Morgan fingerprint density at radius 1 is 1.11 bits per heavy atom. The van der Waals surface area contributed by atoms with E-state index in [1.165, 1.54) is 0 Å². The molecule has 92 valence electrons. The third-order valence-corrected chi connectivity index (χ3v) is 3.36. The van der Waals surface area contributed by atoms with Crippen LogP contribution in [0.4, 0.5) is 0 Å². The quantitative estimate of drug-likeness (QED) is 0.790. The lowest BCUT2D eigenvalue weighted by Gasteiger charge is -2.05. The highest BCUT2D eigenvalue weighted by Gasteiger charge is 2.06. The second-order valence-electron chi connectivity index (χ2n) is 3.99. The summed E-state index contributed by atoms with van der Waals surface area (Å²) in [4.78, 5) is 0. The van der Waals surface area contributed by atoms with Gasteiger partial charge in [0.2, 0.25) is 0 Å². The van der Waals surface area contributed by atoms with Gasteiger partial charge >= 0.3 is 0 Å². The number of nitriles is 2. The molecule has 0 aliphatic heterocycles. The molecule has 4 heteroatoms. The van der Waals surface area contributed by atoms with Crippen molar-refractivity contribution in [3.05, 3.63) is 52.1 Å². The second kappa shape index (κ2) is 5.56. The van der Waals surface area contributed by atoms with Crippen LogP contribution in [0.15, 0.2) is 46.4 Å². The first kappa shape index (κ1) is 13.1. The molecule has 0 fully saturated rings. The fourth-order valence-corrected chi connectivity index (χ4v) is 2.08. The lowest BCUT2D eigenvalue weighted by Crippen LogP contribution is -1.94. The smallest absolute Gasteiger partial charge is 0.131 e. The van der Waals surface area contributed by atoms with Gasteiger partial charge in [0.15, 0.2) is 0 Å². The van der Waals surface area contributed by atoms with Crippen LogP contribution in [-0.2, 0) is 7.05 Å². The third kappa shape index (κ3) is 2.76. The molecule has 0 unspecified atom stereocenters. The molecule has 1 aromatic carbocycles. The fraction of sp³-hybridized carbons (Fsp3) is 0.0667. The molecule has 2 aromatic rings. The molecule has 0 radical (unpaired) electrons. The molecule has 0 N–H and O–H groups in total. The lowest BCUT2D eigenvalue weighted by molar-refractivity contribution is 0.923. The second-order valence-corrected chi connectivity index (χ2v) is 4.91. The Morgan fingerprint density at radius 2 is 1.74 bits per heavy atom. The van der Waals surface area contributed by atoms with Gasteiger partial charge in [0, 0.05) is 22.9 Å². The van der Waals surface area contributed by atoms with Crippen molar-refractivity contribution in [2.75, 3.05) is 0 Å². The molecule has 2 rings (SSSR count). The van der Waals surface area contributed by atoms with E-state index in [4.69, 9.17) is 10.5 Å². The molecule has 0 bridgehead atoms. The first-order chi connectivity index (χ1) is 9.15. The van der Waals surface area contributed by atoms with Gasteiger partial charge < -0.3 is 4.57 Å². The van der Waals surface area contributed by atoms with Crippen LogP contribution >= 0.6 is 15.9 Å². The van der Waals surface area contributed by atoms with Crippen LogP contribution in [0.25, 0.3) is 17.3 Å². The molecule has 1 heterocycles. The Labute approximate surface area is 120 Å². The molecule has 0 saturated heterocycles. The largest absolute Gasteiger partial charge is 0.344 e. The van der Waals surface area contributed by atoms with Gasteiger partial charge in [-0.2, -0.15) is 10.5 Å². The summed E-state index contributed by atoms with van der Waals surface area (Å²) < 4.78 is 2.99. The number of halogens is 1. The van der Waals surface area contributed by atoms with Gasteiger partial charge in [-0.05, 0) is 35.9 Å². The number of nitrogens with zero attached hydrogens (tertiary/aromatic N) is 3. The van der Waals surface area contributed by atoms with E-state index in [0.29, 0.717) is 0 Å². The van der Waals surface area contributed by atoms with Crippen LogP contribution in [0.2, 0.25) is 0 Å². The number of aromatic nitrogens is 1. The van der Waals surface area contributed by atoms with Gasteiger partial charge in [-0.1, -0.05) is 28.1 Å². The molecule has 0 amide bonds. The minimum absolute atomic E-state index is 0.101. The molecule has 3 nitrogen and oxygen atoms in total. The average Bonchev–Trinajstić information content (AvgIpc) is 2.78. The number of allylic oxidation sites excluding steroid dienone is 1. The lowest BCUT2D eigenvalue weighted by atomic mass is 10.1. The normalized spacial score (nSPS) is 9.47. The van der Waals surface area contributed by atoms with Crippen LogP contribution in [-0.4, -0.2) is 4.57 Å². The molecule has 0 spiro atoms. The van der Waals surface area contributed by atoms with Gasteiger partial charge in [0.25, 0.3) is 0 Å². The Hall–Kier alpha value is -2.30. The highest BCUT2D eigenvalue weighted by molar-refractivity contribution is 9.10. The van der Waals surface area contributed by atoms with E-state index >= 15 is 0 Å². The standard InChI is InChI=1S/C15H10BrN3/c1-19-14(8-11(9-17)10-18)6-7-15(19)12-2-4-13(16)5-3-12/h2-8H,1H3. The zero-order chi connectivity index (χ0) is 13.8. The Bertz CT molecular complexity index is 693. The number of rotatable bonds is 2. The third-order valence-electron chi connectivity index (χ3n) is 2.83. The number of hydrogen-bond donors (Lipinski definition) is 0. The van der Waals surface area contributed by atoms with Crippen LogP contribution in [0.5, 0.6) is 0 Å². The summed E-state index contributed by atoms with van der Waals surface area (Å²) in [7, 11) is 1.91. The van der Waals surface area contributed by atoms with Crippen molar-refractivity contribution in [1.82, 2.24) is 4.57 Å². The van der Waals surface area contributed by atoms with Crippen molar-refractivity contribution in [3.63, 3.8) is 0 Å². The summed E-state index contributed by atoms with van der Waals surface area (Å²) in [6, 6.07) is 15.6. The van der Waals surface area contributed by atoms with E-state index in [1.807, 2.05) is 60.2 Å². The van der Waals surface area contributed by atoms with Crippen LogP contribution in [0.3, 0.4) is 0 Å². The number of hydrogen-bond acceptors (Lipinski definition) is 2. The molecule has 0 atom stereocenters. The van der Waals surface area contributed by atoms with Crippen molar-refractivity contribution in [2.45, 2.75) is 0 Å². The summed E-state index contributed by atoms with van der Waals surface area (Å²) in [6.45, 7) is 0. The topological polar surface area (TPSA) is 52.5 Å². The maximum atomic E-state index is 8.78. The Morgan fingerprint density at radius 3 is 2.32 bits per heavy atom. The summed E-state index contributed by atoms with van der Waals surface area (Å²) in [6.07, 6.45) is 1.59. The van der Waals surface area contributed by atoms with Gasteiger partial charge in [0.1, 0.15) is 17.7 Å². The van der Waals surface area contributed by atoms with E-state index < -0.39 is 0 Å². The molecule has 0 aliphatic carbocycles. The maximum Gasteiger partial charge on any atom is 0.131 e. The van der Waals surface area contributed by atoms with Crippen molar-refractivity contribution in [1.29, 1.82) is 10.5 Å². The van der Waals surface area contributed by atoms with Gasteiger partial charge in [-0.15, -0.1) is 0 Å². The molecular formula is C15H10BrN3. The highest BCUT2D eigenvalue weighted by atomic mass is 79.9. The van der Waals surface area contributed by atoms with Gasteiger partial charge in [0.05, 0.1) is 0 Å². The van der Waals surface area contributed by atoms with E-state index in [9.17, 15) is 0 Å². The SMILES string of the molecule is Cn1c(C=C(C#N)C#N)ccc1-c1ccc(Br)cc1.